The number of aryl methyl sites for hydroxylation is 1. The first-order valence-electron chi connectivity index (χ1n) is 10.5. The van der Waals surface area contributed by atoms with Crippen LogP contribution >= 0.6 is 23.1 Å². The van der Waals surface area contributed by atoms with E-state index in [4.69, 9.17) is 13.9 Å². The summed E-state index contributed by atoms with van der Waals surface area (Å²) in [6.45, 7) is 3.64. The fourth-order valence-electron chi connectivity index (χ4n) is 3.22. The molecule has 0 radical (unpaired) electrons. The monoisotopic (exact) mass is 496 g/mol. The molecule has 34 heavy (non-hydrogen) atoms. The Labute approximate surface area is 205 Å². The van der Waals surface area contributed by atoms with Crippen LogP contribution in [0.1, 0.15) is 25.1 Å². The van der Waals surface area contributed by atoms with Crippen molar-refractivity contribution in [3.63, 3.8) is 0 Å². The van der Waals surface area contributed by atoms with Crippen molar-refractivity contribution in [3.05, 3.63) is 59.1 Å². The van der Waals surface area contributed by atoms with Crippen molar-refractivity contribution in [2.24, 2.45) is 0 Å². The first-order chi connectivity index (χ1) is 16.5. The molecule has 0 saturated carbocycles. The van der Waals surface area contributed by atoms with E-state index in [0.29, 0.717) is 39.1 Å². The highest BCUT2D eigenvalue weighted by Gasteiger charge is 2.19. The van der Waals surface area contributed by atoms with Gasteiger partial charge in [0.15, 0.2) is 5.13 Å². The van der Waals surface area contributed by atoms with E-state index in [1.54, 1.807) is 37.3 Å². The van der Waals surface area contributed by atoms with E-state index in [1.807, 2.05) is 29.6 Å². The quantitative estimate of drug-likeness (QED) is 0.271. The minimum atomic E-state index is -0.0898. The first-order valence-corrected chi connectivity index (χ1v) is 12.4. The largest absolute Gasteiger partial charge is 0.497 e. The van der Waals surface area contributed by atoms with Crippen LogP contribution in [0.5, 0.6) is 11.5 Å². The van der Waals surface area contributed by atoms with Gasteiger partial charge in [0.1, 0.15) is 11.5 Å². The number of aromatic nitrogens is 3. The second-order valence-electron chi connectivity index (χ2n) is 7.26. The SMILES string of the molecule is CCc1ccc(N(C(C)=O)c2nc(CSc3nnc(-c4cc(OC)cc(OC)c4)o3)cs2)cc1. The Morgan fingerprint density at radius 2 is 1.79 bits per heavy atom. The van der Waals surface area contributed by atoms with Crippen LogP contribution in [0.25, 0.3) is 11.5 Å². The van der Waals surface area contributed by atoms with Gasteiger partial charge in [-0.1, -0.05) is 30.8 Å². The highest BCUT2D eigenvalue weighted by molar-refractivity contribution is 7.98. The van der Waals surface area contributed by atoms with Crippen LogP contribution in [0.15, 0.2) is 57.5 Å². The van der Waals surface area contributed by atoms with Crippen molar-refractivity contribution < 1.29 is 18.7 Å². The normalized spacial score (nSPS) is 10.8. The molecule has 0 aliphatic heterocycles. The average molecular weight is 497 g/mol. The molecule has 2 aromatic carbocycles. The summed E-state index contributed by atoms with van der Waals surface area (Å²) in [5.74, 6) is 2.08. The third-order valence-electron chi connectivity index (χ3n) is 5.00. The third-order valence-corrected chi connectivity index (χ3v) is 6.72. The van der Waals surface area contributed by atoms with Gasteiger partial charge in [-0.25, -0.2) is 4.98 Å². The Hall–Kier alpha value is -3.37. The highest BCUT2D eigenvalue weighted by Crippen LogP contribution is 2.33. The summed E-state index contributed by atoms with van der Waals surface area (Å²) in [6.07, 6.45) is 0.946. The molecule has 176 valence electrons. The minimum absolute atomic E-state index is 0.0898. The Bertz CT molecular complexity index is 1250. The smallest absolute Gasteiger partial charge is 0.277 e. The number of hydrogen-bond donors (Lipinski definition) is 0. The molecule has 0 N–H and O–H groups in total. The van der Waals surface area contributed by atoms with Gasteiger partial charge in [0.25, 0.3) is 5.22 Å². The molecule has 0 bridgehead atoms. The second kappa shape index (κ2) is 10.7. The van der Waals surface area contributed by atoms with Gasteiger partial charge < -0.3 is 13.9 Å². The summed E-state index contributed by atoms with van der Waals surface area (Å²) in [7, 11) is 3.17. The molecule has 0 aliphatic rings. The topological polar surface area (TPSA) is 90.6 Å². The lowest BCUT2D eigenvalue weighted by atomic mass is 10.1. The zero-order chi connectivity index (χ0) is 24.1. The number of nitrogens with zero attached hydrogens (tertiary/aromatic N) is 4. The standard InChI is InChI=1S/C24H24N4O4S2/c1-5-16-6-8-19(9-7-16)28(15(2)29)23-25-18(13-33-23)14-34-24-27-26-22(32-24)17-10-20(30-3)12-21(11-17)31-4/h6-13H,5,14H2,1-4H3. The number of carbonyl (C=O) groups excluding carboxylic acids is 1. The van der Waals surface area contributed by atoms with Gasteiger partial charge in [-0.15, -0.1) is 21.5 Å². The van der Waals surface area contributed by atoms with E-state index in [0.717, 1.165) is 17.8 Å². The van der Waals surface area contributed by atoms with E-state index < -0.39 is 0 Å². The van der Waals surface area contributed by atoms with Crippen LogP contribution in [0.2, 0.25) is 0 Å². The number of thiazole rings is 1. The summed E-state index contributed by atoms with van der Waals surface area (Å²) < 4.78 is 16.4. The molecular weight excluding hydrogens is 472 g/mol. The van der Waals surface area contributed by atoms with Crippen LogP contribution in [0, 0.1) is 0 Å². The van der Waals surface area contributed by atoms with Crippen LogP contribution in [0.3, 0.4) is 0 Å². The lowest BCUT2D eigenvalue weighted by Gasteiger charge is -2.18. The molecule has 2 aromatic heterocycles. The van der Waals surface area contributed by atoms with Gasteiger partial charge in [0.05, 0.1) is 25.6 Å². The second-order valence-corrected chi connectivity index (χ2v) is 9.02. The predicted octanol–water partition coefficient (Wildman–Crippen LogP) is 5.75. The molecule has 2 heterocycles. The number of anilines is 2. The first kappa shape index (κ1) is 23.8. The molecular formula is C24H24N4O4S2. The maximum absolute atomic E-state index is 12.4. The van der Waals surface area contributed by atoms with E-state index in [9.17, 15) is 4.79 Å². The summed E-state index contributed by atoms with van der Waals surface area (Å²) >= 11 is 2.80. The predicted molar refractivity (Wildman–Crippen MR) is 133 cm³/mol. The molecule has 8 nitrogen and oxygen atoms in total. The number of hydrogen-bond acceptors (Lipinski definition) is 9. The van der Waals surface area contributed by atoms with Crippen LogP contribution < -0.4 is 14.4 Å². The summed E-state index contributed by atoms with van der Waals surface area (Å²) in [5, 5.41) is 11.3. The number of methoxy groups -OCH3 is 2. The van der Waals surface area contributed by atoms with Crippen molar-refractivity contribution in [3.8, 4) is 23.0 Å². The van der Waals surface area contributed by atoms with Crippen molar-refractivity contribution in [1.82, 2.24) is 15.2 Å². The Kier molecular flexibility index (Phi) is 7.49. The Morgan fingerprint density at radius 1 is 1.09 bits per heavy atom. The molecule has 0 spiro atoms. The lowest BCUT2D eigenvalue weighted by molar-refractivity contribution is -0.115. The van der Waals surface area contributed by atoms with E-state index in [-0.39, 0.29) is 5.91 Å². The zero-order valence-corrected chi connectivity index (χ0v) is 20.9. The number of ether oxygens (including phenoxy) is 2. The summed E-state index contributed by atoms with van der Waals surface area (Å²) in [6, 6.07) is 13.3. The van der Waals surface area contributed by atoms with Crippen molar-refractivity contribution in [2.75, 3.05) is 19.1 Å². The molecule has 0 saturated heterocycles. The molecule has 0 fully saturated rings. The Morgan fingerprint density at radius 3 is 2.41 bits per heavy atom. The van der Waals surface area contributed by atoms with Gasteiger partial charge in [-0.2, -0.15) is 0 Å². The molecule has 0 unspecified atom stereocenters. The van der Waals surface area contributed by atoms with Crippen molar-refractivity contribution >= 4 is 39.8 Å². The van der Waals surface area contributed by atoms with Gasteiger partial charge in [0.2, 0.25) is 11.8 Å². The molecule has 10 heteroatoms. The van der Waals surface area contributed by atoms with Gasteiger partial charge in [0, 0.05) is 29.7 Å². The van der Waals surface area contributed by atoms with Gasteiger partial charge in [-0.05, 0) is 36.2 Å². The molecule has 0 atom stereocenters. The number of benzene rings is 2. The van der Waals surface area contributed by atoms with Crippen LogP contribution in [-0.4, -0.2) is 35.3 Å². The van der Waals surface area contributed by atoms with Crippen molar-refractivity contribution in [1.29, 1.82) is 0 Å². The van der Waals surface area contributed by atoms with Gasteiger partial charge in [-0.3, -0.25) is 9.69 Å². The van der Waals surface area contributed by atoms with E-state index in [1.165, 1.54) is 35.6 Å². The van der Waals surface area contributed by atoms with Gasteiger partial charge >= 0.3 is 0 Å². The number of rotatable bonds is 9. The molecule has 0 aliphatic carbocycles. The number of thioether (sulfide) groups is 1. The minimum Gasteiger partial charge on any atom is -0.497 e. The number of amides is 1. The highest BCUT2D eigenvalue weighted by atomic mass is 32.2. The molecule has 1 amide bonds. The lowest BCUT2D eigenvalue weighted by Crippen LogP contribution is -2.22. The van der Waals surface area contributed by atoms with Crippen molar-refractivity contribution in [2.45, 2.75) is 31.2 Å². The maximum atomic E-state index is 12.4. The maximum Gasteiger partial charge on any atom is 0.277 e. The van der Waals surface area contributed by atoms with Crippen LogP contribution in [-0.2, 0) is 17.0 Å². The fourth-order valence-corrected chi connectivity index (χ4v) is 4.87. The average Bonchev–Trinajstić information content (AvgIpc) is 3.52. The summed E-state index contributed by atoms with van der Waals surface area (Å²) in [5.41, 5.74) is 3.55. The van der Waals surface area contributed by atoms with Crippen LogP contribution in [0.4, 0.5) is 10.8 Å². The van der Waals surface area contributed by atoms with E-state index >= 15 is 0 Å². The Balaban J connectivity index is 1.46. The fraction of sp³-hybridized carbons (Fsp3) is 0.250. The third kappa shape index (κ3) is 5.40. The molecule has 4 aromatic rings. The zero-order valence-electron chi connectivity index (χ0n) is 19.3. The van der Waals surface area contributed by atoms with E-state index in [2.05, 4.69) is 22.1 Å². The molecule has 4 rings (SSSR count). The number of carbonyl (C=O) groups is 1. The summed E-state index contributed by atoms with van der Waals surface area (Å²) in [4.78, 5) is 18.6.